The highest BCUT2D eigenvalue weighted by Gasteiger charge is 2.46. The van der Waals surface area contributed by atoms with Gasteiger partial charge in [-0.1, -0.05) is 12.1 Å². The number of nitrogens with two attached hydrogens (primary N) is 1. The standard InChI is InChI=1S/C29H35N3O7/c1-18(2)39-22-8-9-23(19(3)16-22)27(34)25-26(20-4-6-21(7-5-20)38-17-24(30)33)32(29(36)28(25)35)11-10-31-12-14-37-15-13-31/h4-9,16,18,26,34H,10-15,17H2,1-3H3,(H2,30,33). The summed E-state index contributed by atoms with van der Waals surface area (Å²) < 4.78 is 16.5. The molecule has 1 atom stereocenters. The maximum absolute atomic E-state index is 13.4. The molecule has 10 nitrogen and oxygen atoms in total. The summed E-state index contributed by atoms with van der Waals surface area (Å²) in [6.45, 7) is 8.96. The number of hydrogen-bond donors (Lipinski definition) is 2. The number of morpholine rings is 1. The smallest absolute Gasteiger partial charge is 0.295 e. The van der Waals surface area contributed by atoms with Crippen molar-refractivity contribution in [2.24, 2.45) is 5.73 Å². The van der Waals surface area contributed by atoms with Crippen molar-refractivity contribution in [3.05, 3.63) is 64.7 Å². The van der Waals surface area contributed by atoms with Crippen LogP contribution in [0.15, 0.2) is 48.0 Å². The Hall–Kier alpha value is -3.89. The van der Waals surface area contributed by atoms with Crippen LogP contribution in [0.1, 0.15) is 36.6 Å². The van der Waals surface area contributed by atoms with E-state index >= 15 is 0 Å². The Bertz CT molecular complexity index is 1250. The molecule has 0 saturated carbocycles. The average Bonchev–Trinajstić information content (AvgIpc) is 3.16. The van der Waals surface area contributed by atoms with Crippen molar-refractivity contribution < 1.29 is 33.7 Å². The normalized spacial score (nSPS) is 19.5. The third-order valence-corrected chi connectivity index (χ3v) is 6.70. The molecule has 2 heterocycles. The fraction of sp³-hybridized carbons (Fsp3) is 0.414. The Kier molecular flexibility index (Phi) is 8.88. The third kappa shape index (κ3) is 6.58. The van der Waals surface area contributed by atoms with Gasteiger partial charge in [-0.3, -0.25) is 19.3 Å². The zero-order chi connectivity index (χ0) is 28.1. The number of Topliss-reactive ketones (excluding diaryl/α,β-unsaturated/α-hetero) is 1. The number of nitrogens with zero attached hydrogens (tertiary/aromatic N) is 2. The average molecular weight is 538 g/mol. The van der Waals surface area contributed by atoms with Gasteiger partial charge in [0.15, 0.2) is 6.61 Å². The van der Waals surface area contributed by atoms with E-state index in [0.717, 1.165) is 13.1 Å². The number of hydrogen-bond acceptors (Lipinski definition) is 8. The van der Waals surface area contributed by atoms with Gasteiger partial charge in [0, 0.05) is 31.7 Å². The monoisotopic (exact) mass is 537 g/mol. The first-order valence-corrected chi connectivity index (χ1v) is 13.0. The van der Waals surface area contributed by atoms with E-state index in [1.807, 2.05) is 20.8 Å². The van der Waals surface area contributed by atoms with Crippen molar-refractivity contribution in [2.75, 3.05) is 46.0 Å². The highest BCUT2D eigenvalue weighted by Crippen LogP contribution is 2.40. The zero-order valence-corrected chi connectivity index (χ0v) is 22.5. The van der Waals surface area contributed by atoms with Gasteiger partial charge in [-0.2, -0.15) is 0 Å². The first-order valence-electron chi connectivity index (χ1n) is 13.0. The summed E-state index contributed by atoms with van der Waals surface area (Å²) in [5.41, 5.74) is 6.97. The van der Waals surface area contributed by atoms with Crippen LogP contribution in [0.25, 0.3) is 5.76 Å². The molecule has 0 radical (unpaired) electrons. The second kappa shape index (κ2) is 12.3. The topological polar surface area (TPSA) is 132 Å². The number of aliphatic hydroxyl groups is 1. The molecule has 39 heavy (non-hydrogen) atoms. The highest BCUT2D eigenvalue weighted by atomic mass is 16.5. The van der Waals surface area contributed by atoms with Crippen LogP contribution in [0.5, 0.6) is 11.5 Å². The summed E-state index contributed by atoms with van der Waals surface area (Å²) in [6.07, 6.45) is -0.0180. The van der Waals surface area contributed by atoms with Crippen LogP contribution in [-0.2, 0) is 19.1 Å². The lowest BCUT2D eigenvalue weighted by atomic mass is 9.94. The van der Waals surface area contributed by atoms with Gasteiger partial charge in [0.05, 0.1) is 30.9 Å². The van der Waals surface area contributed by atoms with E-state index in [1.54, 1.807) is 42.5 Å². The van der Waals surface area contributed by atoms with Crippen LogP contribution in [0, 0.1) is 6.92 Å². The zero-order valence-electron chi connectivity index (χ0n) is 22.5. The second-order valence-electron chi connectivity index (χ2n) is 9.91. The summed E-state index contributed by atoms with van der Waals surface area (Å²) >= 11 is 0. The van der Waals surface area contributed by atoms with Gasteiger partial charge in [0.2, 0.25) is 0 Å². The number of likely N-dealkylation sites (tertiary alicyclic amines) is 1. The van der Waals surface area contributed by atoms with Crippen molar-refractivity contribution in [1.82, 2.24) is 9.80 Å². The Morgan fingerprint density at radius 1 is 1.08 bits per heavy atom. The molecular weight excluding hydrogens is 502 g/mol. The lowest BCUT2D eigenvalue weighted by Gasteiger charge is -2.31. The van der Waals surface area contributed by atoms with Gasteiger partial charge >= 0.3 is 0 Å². The van der Waals surface area contributed by atoms with E-state index < -0.39 is 23.6 Å². The van der Waals surface area contributed by atoms with Crippen molar-refractivity contribution in [3.63, 3.8) is 0 Å². The minimum atomic E-state index is -0.803. The number of benzene rings is 2. The van der Waals surface area contributed by atoms with Crippen LogP contribution in [0.3, 0.4) is 0 Å². The maximum Gasteiger partial charge on any atom is 0.295 e. The number of ketones is 1. The fourth-order valence-corrected chi connectivity index (χ4v) is 4.82. The van der Waals surface area contributed by atoms with E-state index in [4.69, 9.17) is 19.9 Å². The number of aliphatic hydroxyl groups excluding tert-OH is 1. The van der Waals surface area contributed by atoms with E-state index in [1.165, 1.54) is 4.90 Å². The third-order valence-electron chi connectivity index (χ3n) is 6.70. The van der Waals surface area contributed by atoms with Crippen LogP contribution in [0.4, 0.5) is 0 Å². The molecule has 2 amide bonds. The van der Waals surface area contributed by atoms with E-state index in [0.29, 0.717) is 54.5 Å². The fourth-order valence-electron chi connectivity index (χ4n) is 4.82. The molecule has 0 aromatic heterocycles. The van der Waals surface area contributed by atoms with Crippen LogP contribution in [0.2, 0.25) is 0 Å². The molecule has 0 bridgehead atoms. The highest BCUT2D eigenvalue weighted by molar-refractivity contribution is 6.46. The summed E-state index contributed by atoms with van der Waals surface area (Å²) in [5.74, 6) is -1.19. The van der Waals surface area contributed by atoms with Gasteiger partial charge in [-0.05, 0) is 62.2 Å². The molecule has 2 aromatic carbocycles. The number of aryl methyl sites for hydroxylation is 1. The first kappa shape index (κ1) is 28.1. The Morgan fingerprint density at radius 3 is 2.36 bits per heavy atom. The summed E-state index contributed by atoms with van der Waals surface area (Å²) in [4.78, 5) is 41.5. The van der Waals surface area contributed by atoms with Gasteiger partial charge in [0.1, 0.15) is 17.3 Å². The predicted molar refractivity (Wildman–Crippen MR) is 144 cm³/mol. The Morgan fingerprint density at radius 2 is 1.74 bits per heavy atom. The van der Waals surface area contributed by atoms with Gasteiger partial charge in [-0.15, -0.1) is 0 Å². The number of primary amides is 1. The van der Waals surface area contributed by atoms with Crippen molar-refractivity contribution in [1.29, 1.82) is 0 Å². The molecule has 0 aliphatic carbocycles. The van der Waals surface area contributed by atoms with Gasteiger partial charge in [0.25, 0.3) is 17.6 Å². The van der Waals surface area contributed by atoms with Crippen molar-refractivity contribution in [3.8, 4) is 11.5 Å². The molecule has 1 unspecified atom stereocenters. The minimum Gasteiger partial charge on any atom is -0.507 e. The largest absolute Gasteiger partial charge is 0.507 e. The molecule has 2 saturated heterocycles. The molecule has 4 rings (SSSR count). The van der Waals surface area contributed by atoms with Crippen LogP contribution >= 0.6 is 0 Å². The van der Waals surface area contributed by atoms with E-state index in [9.17, 15) is 19.5 Å². The lowest BCUT2D eigenvalue weighted by molar-refractivity contribution is -0.140. The van der Waals surface area contributed by atoms with Crippen LogP contribution < -0.4 is 15.2 Å². The number of amides is 2. The summed E-state index contributed by atoms with van der Waals surface area (Å²) in [6, 6.07) is 11.1. The number of carbonyl (C=O) groups excluding carboxylic acids is 3. The van der Waals surface area contributed by atoms with Crippen LogP contribution in [-0.4, -0.2) is 84.6 Å². The van der Waals surface area contributed by atoms with Gasteiger partial charge < -0.3 is 30.0 Å². The predicted octanol–water partition coefficient (Wildman–Crippen LogP) is 2.40. The SMILES string of the molecule is Cc1cc(OC(C)C)ccc1C(O)=C1C(=O)C(=O)N(CCN2CCOCC2)C1c1ccc(OCC(N)=O)cc1. The van der Waals surface area contributed by atoms with Crippen molar-refractivity contribution >= 4 is 23.4 Å². The summed E-state index contributed by atoms with van der Waals surface area (Å²) in [5, 5.41) is 11.5. The number of ether oxygens (including phenoxy) is 3. The van der Waals surface area contributed by atoms with Gasteiger partial charge in [-0.25, -0.2) is 0 Å². The minimum absolute atomic E-state index is 0.0180. The Balaban J connectivity index is 1.71. The molecule has 2 fully saturated rings. The Labute approximate surface area is 227 Å². The quantitative estimate of drug-likeness (QED) is 0.268. The molecule has 208 valence electrons. The molecule has 10 heteroatoms. The molecule has 2 aliphatic rings. The number of rotatable bonds is 10. The number of carbonyl (C=O) groups is 3. The molecule has 0 spiro atoms. The summed E-state index contributed by atoms with van der Waals surface area (Å²) in [7, 11) is 0. The maximum atomic E-state index is 13.4. The molecule has 3 N–H and O–H groups in total. The van der Waals surface area contributed by atoms with E-state index in [2.05, 4.69) is 4.90 Å². The van der Waals surface area contributed by atoms with Crippen molar-refractivity contribution in [2.45, 2.75) is 32.9 Å². The molecule has 2 aliphatic heterocycles. The first-order chi connectivity index (χ1) is 18.7. The lowest BCUT2D eigenvalue weighted by Crippen LogP contribution is -2.42. The molecule has 2 aromatic rings. The van der Waals surface area contributed by atoms with E-state index in [-0.39, 0.29) is 24.0 Å². The second-order valence-corrected chi connectivity index (χ2v) is 9.91. The molecular formula is C29H35N3O7.